The molecule has 1 aliphatic rings. The average molecular weight is 228 g/mol. The van der Waals surface area contributed by atoms with Crippen molar-refractivity contribution >= 4 is 11.9 Å². The first-order valence-corrected chi connectivity index (χ1v) is 5.63. The van der Waals surface area contributed by atoms with Gasteiger partial charge in [0, 0.05) is 19.1 Å². The van der Waals surface area contributed by atoms with Gasteiger partial charge in [-0.25, -0.2) is 0 Å². The van der Waals surface area contributed by atoms with E-state index in [2.05, 4.69) is 4.74 Å². The Bertz CT molecular complexity index is 262. The third kappa shape index (κ3) is 3.48. The second-order valence-corrected chi connectivity index (χ2v) is 4.31. The van der Waals surface area contributed by atoms with Gasteiger partial charge in [0.2, 0.25) is 5.91 Å². The summed E-state index contributed by atoms with van der Waals surface area (Å²) in [5.41, 5.74) is 0. The minimum absolute atomic E-state index is 0.101. The van der Waals surface area contributed by atoms with E-state index in [9.17, 15) is 9.59 Å². The minimum Gasteiger partial charge on any atom is -0.468 e. The van der Waals surface area contributed by atoms with E-state index in [1.54, 1.807) is 0 Å². The standard InChI is InChI=1S/C11H20N2O3/c1-9(2)13(8-11(15)16-3)7-10(14)12-5-4-6-12/h9H,4-8H2,1-3H3. The zero-order valence-electron chi connectivity index (χ0n) is 10.2. The summed E-state index contributed by atoms with van der Waals surface area (Å²) in [5, 5.41) is 0. The predicted octanol–water partition coefficient (Wildman–Crippen LogP) is 0.102. The second-order valence-electron chi connectivity index (χ2n) is 4.31. The van der Waals surface area contributed by atoms with Crippen LogP contribution in [0.2, 0.25) is 0 Å². The SMILES string of the molecule is COC(=O)CN(CC(=O)N1CCC1)C(C)C. The molecule has 1 amide bonds. The van der Waals surface area contributed by atoms with Crippen molar-refractivity contribution in [3.05, 3.63) is 0 Å². The van der Waals surface area contributed by atoms with Gasteiger partial charge >= 0.3 is 5.97 Å². The van der Waals surface area contributed by atoms with Crippen molar-refractivity contribution in [2.45, 2.75) is 26.3 Å². The number of ether oxygens (including phenoxy) is 1. The first-order chi connectivity index (χ1) is 7.54. The lowest BCUT2D eigenvalue weighted by atomic mass is 10.2. The number of hydrogen-bond donors (Lipinski definition) is 0. The van der Waals surface area contributed by atoms with E-state index >= 15 is 0 Å². The van der Waals surface area contributed by atoms with Crippen LogP contribution in [0.1, 0.15) is 20.3 Å². The summed E-state index contributed by atoms with van der Waals surface area (Å²) in [5.74, 6) is -0.200. The molecule has 0 aliphatic carbocycles. The van der Waals surface area contributed by atoms with Gasteiger partial charge in [0.05, 0.1) is 20.2 Å². The minimum atomic E-state index is -0.301. The Kier molecular flexibility index (Phi) is 4.73. The van der Waals surface area contributed by atoms with E-state index in [0.29, 0.717) is 6.54 Å². The predicted molar refractivity (Wildman–Crippen MR) is 59.9 cm³/mol. The van der Waals surface area contributed by atoms with Crippen LogP contribution in [0.5, 0.6) is 0 Å². The van der Waals surface area contributed by atoms with E-state index in [1.165, 1.54) is 7.11 Å². The number of nitrogens with zero attached hydrogens (tertiary/aromatic N) is 2. The van der Waals surface area contributed by atoms with Gasteiger partial charge in [-0.1, -0.05) is 0 Å². The van der Waals surface area contributed by atoms with Crippen LogP contribution in [0.4, 0.5) is 0 Å². The molecule has 0 atom stereocenters. The second kappa shape index (κ2) is 5.84. The highest BCUT2D eigenvalue weighted by atomic mass is 16.5. The van der Waals surface area contributed by atoms with Crippen molar-refractivity contribution in [1.82, 2.24) is 9.80 Å². The Morgan fingerprint density at radius 2 is 1.94 bits per heavy atom. The highest BCUT2D eigenvalue weighted by molar-refractivity contribution is 5.80. The molecular weight excluding hydrogens is 208 g/mol. The van der Waals surface area contributed by atoms with E-state index in [4.69, 9.17) is 0 Å². The van der Waals surface area contributed by atoms with Crippen LogP contribution in [0.3, 0.4) is 0 Å². The van der Waals surface area contributed by atoms with E-state index < -0.39 is 0 Å². The van der Waals surface area contributed by atoms with Gasteiger partial charge in [-0.2, -0.15) is 0 Å². The molecule has 0 saturated carbocycles. The van der Waals surface area contributed by atoms with Gasteiger partial charge in [0.1, 0.15) is 0 Å². The number of rotatable bonds is 5. The molecule has 1 rings (SSSR count). The largest absolute Gasteiger partial charge is 0.468 e. The molecule has 1 heterocycles. The van der Waals surface area contributed by atoms with Crippen molar-refractivity contribution in [3.8, 4) is 0 Å². The van der Waals surface area contributed by atoms with Crippen molar-refractivity contribution < 1.29 is 14.3 Å². The average Bonchev–Trinajstić information content (AvgIpc) is 2.13. The van der Waals surface area contributed by atoms with Gasteiger partial charge in [-0.15, -0.1) is 0 Å². The summed E-state index contributed by atoms with van der Waals surface area (Å²) in [6, 6.07) is 0.157. The van der Waals surface area contributed by atoms with Crippen LogP contribution in [-0.2, 0) is 14.3 Å². The lowest BCUT2D eigenvalue weighted by molar-refractivity contribution is -0.144. The molecule has 1 aliphatic heterocycles. The quantitative estimate of drug-likeness (QED) is 0.626. The first kappa shape index (κ1) is 13.0. The number of hydrogen-bond acceptors (Lipinski definition) is 4. The highest BCUT2D eigenvalue weighted by Gasteiger charge is 2.24. The molecule has 0 aromatic rings. The molecule has 0 N–H and O–H groups in total. The summed E-state index contributed by atoms with van der Waals surface area (Å²) < 4.78 is 4.61. The summed E-state index contributed by atoms with van der Waals surface area (Å²) in [7, 11) is 1.36. The van der Waals surface area contributed by atoms with Crippen LogP contribution in [0, 0.1) is 0 Å². The number of amides is 1. The molecular formula is C11H20N2O3. The molecule has 1 saturated heterocycles. The maximum absolute atomic E-state index is 11.7. The molecule has 0 aromatic heterocycles. The monoisotopic (exact) mass is 228 g/mol. The fourth-order valence-electron chi connectivity index (χ4n) is 1.49. The van der Waals surface area contributed by atoms with Crippen LogP contribution >= 0.6 is 0 Å². The summed E-state index contributed by atoms with van der Waals surface area (Å²) >= 11 is 0. The lowest BCUT2D eigenvalue weighted by Gasteiger charge is -2.34. The summed E-state index contributed by atoms with van der Waals surface area (Å²) in [6.07, 6.45) is 1.09. The molecule has 0 radical (unpaired) electrons. The number of esters is 1. The Morgan fingerprint density at radius 1 is 1.31 bits per heavy atom. The smallest absolute Gasteiger partial charge is 0.319 e. The van der Waals surface area contributed by atoms with Crippen LogP contribution in [0.15, 0.2) is 0 Å². The maximum atomic E-state index is 11.7. The van der Waals surface area contributed by atoms with Gasteiger partial charge in [0.25, 0.3) is 0 Å². The Morgan fingerprint density at radius 3 is 2.31 bits per heavy atom. The molecule has 92 valence electrons. The first-order valence-electron chi connectivity index (χ1n) is 5.63. The highest BCUT2D eigenvalue weighted by Crippen LogP contribution is 2.08. The van der Waals surface area contributed by atoms with E-state index in [0.717, 1.165) is 19.5 Å². The van der Waals surface area contributed by atoms with Gasteiger partial charge in [-0.3, -0.25) is 14.5 Å². The Labute approximate surface area is 96.3 Å². The molecule has 1 fully saturated rings. The van der Waals surface area contributed by atoms with Crippen LogP contribution < -0.4 is 0 Å². The van der Waals surface area contributed by atoms with Crippen molar-refractivity contribution in [2.75, 3.05) is 33.3 Å². The number of methoxy groups -OCH3 is 1. The fraction of sp³-hybridized carbons (Fsp3) is 0.818. The van der Waals surface area contributed by atoms with Crippen LogP contribution in [0.25, 0.3) is 0 Å². The van der Waals surface area contributed by atoms with E-state index in [-0.39, 0.29) is 24.5 Å². The third-order valence-electron chi connectivity index (χ3n) is 2.84. The van der Waals surface area contributed by atoms with Gasteiger partial charge < -0.3 is 9.64 Å². The molecule has 16 heavy (non-hydrogen) atoms. The molecule has 0 unspecified atom stereocenters. The molecule has 5 nitrogen and oxygen atoms in total. The zero-order valence-corrected chi connectivity index (χ0v) is 10.2. The number of likely N-dealkylation sites (tertiary alicyclic amines) is 1. The van der Waals surface area contributed by atoms with Crippen molar-refractivity contribution in [3.63, 3.8) is 0 Å². The summed E-state index contributed by atoms with van der Waals surface area (Å²) in [6.45, 7) is 6.10. The van der Waals surface area contributed by atoms with Crippen molar-refractivity contribution in [2.24, 2.45) is 0 Å². The van der Waals surface area contributed by atoms with Crippen molar-refractivity contribution in [1.29, 1.82) is 0 Å². The Balaban J connectivity index is 2.43. The topological polar surface area (TPSA) is 49.9 Å². The molecule has 0 aromatic carbocycles. The normalized spacial score (nSPS) is 15.2. The molecule has 5 heteroatoms. The van der Waals surface area contributed by atoms with Gasteiger partial charge in [0.15, 0.2) is 0 Å². The maximum Gasteiger partial charge on any atom is 0.319 e. The fourth-order valence-corrected chi connectivity index (χ4v) is 1.49. The zero-order chi connectivity index (χ0) is 12.1. The Hall–Kier alpha value is -1.10. The molecule has 0 spiro atoms. The molecule has 0 bridgehead atoms. The van der Waals surface area contributed by atoms with Crippen LogP contribution in [-0.4, -0.2) is 61.0 Å². The number of carbonyl (C=O) groups excluding carboxylic acids is 2. The lowest BCUT2D eigenvalue weighted by Crippen LogP contribution is -2.49. The summed E-state index contributed by atoms with van der Waals surface area (Å²) in [4.78, 5) is 26.6. The third-order valence-corrected chi connectivity index (χ3v) is 2.84. The van der Waals surface area contributed by atoms with E-state index in [1.807, 2.05) is 23.6 Å². The van der Waals surface area contributed by atoms with Gasteiger partial charge in [-0.05, 0) is 20.3 Å². The number of carbonyl (C=O) groups is 2.